The van der Waals surface area contributed by atoms with Gasteiger partial charge in [0.2, 0.25) is 10.0 Å². The Morgan fingerprint density at radius 1 is 0.862 bits per heavy atom. The largest absolute Gasteiger partial charge is 0.334 e. The standard InChI is InChI=1S/C20H23Cl2N3O3S/c21-18-9-6-16(12-19(18)22)14-24-20(26)23-13-15-4-7-17(8-5-15)29(27,28)25-10-2-1-3-11-25/h4-9,12H,1-3,10-11,13-14H2,(H2,23,24,26). The van der Waals surface area contributed by atoms with Crippen molar-refractivity contribution in [3.63, 3.8) is 0 Å². The van der Waals surface area contributed by atoms with Crippen molar-refractivity contribution >= 4 is 39.3 Å². The van der Waals surface area contributed by atoms with Crippen molar-refractivity contribution in [2.24, 2.45) is 0 Å². The summed E-state index contributed by atoms with van der Waals surface area (Å²) in [6.07, 6.45) is 2.88. The van der Waals surface area contributed by atoms with Gasteiger partial charge >= 0.3 is 6.03 Å². The Labute approximate surface area is 181 Å². The highest BCUT2D eigenvalue weighted by molar-refractivity contribution is 7.89. The lowest BCUT2D eigenvalue weighted by Gasteiger charge is -2.25. The Kier molecular flexibility index (Phi) is 7.40. The number of carbonyl (C=O) groups is 1. The third-order valence-corrected chi connectivity index (χ3v) is 7.42. The number of hydrogen-bond acceptors (Lipinski definition) is 3. The van der Waals surface area contributed by atoms with E-state index in [4.69, 9.17) is 23.2 Å². The maximum Gasteiger partial charge on any atom is 0.315 e. The smallest absolute Gasteiger partial charge is 0.315 e. The maximum absolute atomic E-state index is 12.7. The first-order chi connectivity index (χ1) is 13.9. The van der Waals surface area contributed by atoms with Gasteiger partial charge in [0, 0.05) is 26.2 Å². The number of nitrogens with one attached hydrogen (secondary N) is 2. The molecule has 9 heteroatoms. The van der Waals surface area contributed by atoms with Crippen LogP contribution in [-0.4, -0.2) is 31.8 Å². The fourth-order valence-electron chi connectivity index (χ4n) is 3.11. The van der Waals surface area contributed by atoms with E-state index in [2.05, 4.69) is 10.6 Å². The van der Waals surface area contributed by atoms with Gasteiger partial charge in [-0.25, -0.2) is 13.2 Å². The minimum absolute atomic E-state index is 0.284. The molecule has 2 N–H and O–H groups in total. The number of hydrogen-bond donors (Lipinski definition) is 2. The zero-order valence-corrected chi connectivity index (χ0v) is 18.2. The molecule has 1 saturated heterocycles. The Bertz CT molecular complexity index is 959. The van der Waals surface area contributed by atoms with Crippen molar-refractivity contribution in [2.45, 2.75) is 37.2 Å². The molecule has 0 radical (unpaired) electrons. The molecule has 3 rings (SSSR count). The molecule has 2 amide bonds. The summed E-state index contributed by atoms with van der Waals surface area (Å²) >= 11 is 11.8. The van der Waals surface area contributed by atoms with Gasteiger partial charge in [-0.05, 0) is 48.2 Å². The van der Waals surface area contributed by atoms with Crippen molar-refractivity contribution in [3.05, 3.63) is 63.6 Å². The molecule has 0 spiro atoms. The molecular formula is C20H23Cl2N3O3S. The number of halogens is 2. The van der Waals surface area contributed by atoms with Crippen LogP contribution in [0.1, 0.15) is 30.4 Å². The van der Waals surface area contributed by atoms with Gasteiger partial charge in [0.25, 0.3) is 0 Å². The third kappa shape index (κ3) is 5.85. The predicted octanol–water partition coefficient (Wildman–Crippen LogP) is 4.17. The molecule has 2 aromatic rings. The Morgan fingerprint density at radius 2 is 1.45 bits per heavy atom. The number of amides is 2. The molecule has 0 atom stereocenters. The van der Waals surface area contributed by atoms with Crippen LogP contribution in [0, 0.1) is 0 Å². The van der Waals surface area contributed by atoms with E-state index >= 15 is 0 Å². The molecule has 29 heavy (non-hydrogen) atoms. The zero-order chi connectivity index (χ0) is 20.9. The molecule has 0 aliphatic carbocycles. The minimum atomic E-state index is -3.44. The van der Waals surface area contributed by atoms with E-state index in [-0.39, 0.29) is 17.5 Å². The average Bonchev–Trinajstić information content (AvgIpc) is 2.74. The number of sulfonamides is 1. The lowest BCUT2D eigenvalue weighted by atomic mass is 10.2. The van der Waals surface area contributed by atoms with Crippen LogP contribution in [0.4, 0.5) is 4.79 Å². The van der Waals surface area contributed by atoms with Gasteiger partial charge in [0.15, 0.2) is 0 Å². The number of benzene rings is 2. The van der Waals surface area contributed by atoms with E-state index in [1.54, 1.807) is 46.8 Å². The van der Waals surface area contributed by atoms with Crippen molar-refractivity contribution in [3.8, 4) is 0 Å². The van der Waals surface area contributed by atoms with Crippen LogP contribution in [0.2, 0.25) is 10.0 Å². The molecule has 0 unspecified atom stereocenters. The lowest BCUT2D eigenvalue weighted by Crippen LogP contribution is -2.35. The molecule has 1 heterocycles. The van der Waals surface area contributed by atoms with Crippen LogP contribution in [0.5, 0.6) is 0 Å². The fraction of sp³-hybridized carbons (Fsp3) is 0.350. The zero-order valence-electron chi connectivity index (χ0n) is 15.8. The molecule has 156 valence electrons. The first-order valence-corrected chi connectivity index (χ1v) is 11.6. The van der Waals surface area contributed by atoms with E-state index in [0.717, 1.165) is 30.4 Å². The Hall–Kier alpha value is -1.80. The molecule has 6 nitrogen and oxygen atoms in total. The summed E-state index contributed by atoms with van der Waals surface area (Å²) in [5.41, 5.74) is 1.65. The quantitative estimate of drug-likeness (QED) is 0.685. The fourth-order valence-corrected chi connectivity index (χ4v) is 4.95. The second kappa shape index (κ2) is 9.80. The summed E-state index contributed by atoms with van der Waals surface area (Å²) in [7, 11) is -3.44. The van der Waals surface area contributed by atoms with Gasteiger partial charge in [0.1, 0.15) is 0 Å². The number of rotatable bonds is 6. The molecule has 0 aromatic heterocycles. The Morgan fingerprint density at radius 3 is 2.07 bits per heavy atom. The second-order valence-corrected chi connectivity index (χ2v) is 9.65. The second-order valence-electron chi connectivity index (χ2n) is 6.89. The highest BCUT2D eigenvalue weighted by Crippen LogP contribution is 2.23. The first-order valence-electron chi connectivity index (χ1n) is 9.41. The maximum atomic E-state index is 12.7. The van der Waals surface area contributed by atoms with Crippen LogP contribution in [-0.2, 0) is 23.1 Å². The number of piperidine rings is 1. The number of nitrogens with zero attached hydrogens (tertiary/aromatic N) is 1. The molecule has 1 fully saturated rings. The topological polar surface area (TPSA) is 78.5 Å². The summed E-state index contributed by atoms with van der Waals surface area (Å²) in [6, 6.07) is 11.5. The number of carbonyl (C=O) groups excluding carboxylic acids is 1. The summed E-state index contributed by atoms with van der Waals surface area (Å²) < 4.78 is 26.9. The summed E-state index contributed by atoms with van der Waals surface area (Å²) in [4.78, 5) is 12.3. The van der Waals surface area contributed by atoms with Crippen LogP contribution in [0.15, 0.2) is 47.4 Å². The number of urea groups is 1. The SMILES string of the molecule is O=C(NCc1ccc(S(=O)(=O)N2CCCCC2)cc1)NCc1ccc(Cl)c(Cl)c1. The van der Waals surface area contributed by atoms with Crippen LogP contribution < -0.4 is 10.6 Å². The summed E-state index contributed by atoms with van der Waals surface area (Å²) in [6.45, 7) is 1.75. The predicted molar refractivity (Wildman–Crippen MR) is 115 cm³/mol. The van der Waals surface area contributed by atoms with E-state index in [1.165, 1.54) is 0 Å². The van der Waals surface area contributed by atoms with Crippen LogP contribution >= 0.6 is 23.2 Å². The highest BCUT2D eigenvalue weighted by atomic mass is 35.5. The molecule has 0 bridgehead atoms. The van der Waals surface area contributed by atoms with E-state index in [1.807, 2.05) is 0 Å². The molecule has 2 aromatic carbocycles. The molecule has 1 aliphatic heterocycles. The van der Waals surface area contributed by atoms with Crippen molar-refractivity contribution in [1.29, 1.82) is 0 Å². The Balaban J connectivity index is 1.50. The van der Waals surface area contributed by atoms with Gasteiger partial charge in [0.05, 0.1) is 14.9 Å². The normalized spacial score (nSPS) is 15.1. The summed E-state index contributed by atoms with van der Waals surface area (Å²) in [5, 5.41) is 6.39. The van der Waals surface area contributed by atoms with Crippen molar-refractivity contribution in [2.75, 3.05) is 13.1 Å². The van der Waals surface area contributed by atoms with Crippen LogP contribution in [0.3, 0.4) is 0 Å². The first kappa shape index (κ1) is 21.9. The van der Waals surface area contributed by atoms with Gasteiger partial charge in [-0.1, -0.05) is 47.8 Å². The van der Waals surface area contributed by atoms with Gasteiger partial charge < -0.3 is 10.6 Å². The van der Waals surface area contributed by atoms with Crippen molar-refractivity contribution in [1.82, 2.24) is 14.9 Å². The molecular weight excluding hydrogens is 433 g/mol. The average molecular weight is 456 g/mol. The lowest BCUT2D eigenvalue weighted by molar-refractivity contribution is 0.240. The van der Waals surface area contributed by atoms with Gasteiger partial charge in [-0.15, -0.1) is 0 Å². The van der Waals surface area contributed by atoms with E-state index in [9.17, 15) is 13.2 Å². The monoisotopic (exact) mass is 455 g/mol. The minimum Gasteiger partial charge on any atom is -0.334 e. The van der Waals surface area contributed by atoms with Crippen molar-refractivity contribution < 1.29 is 13.2 Å². The highest BCUT2D eigenvalue weighted by Gasteiger charge is 2.25. The molecule has 0 saturated carbocycles. The van der Waals surface area contributed by atoms with E-state index in [0.29, 0.717) is 29.7 Å². The van der Waals surface area contributed by atoms with Gasteiger partial charge in [-0.2, -0.15) is 4.31 Å². The molecule has 1 aliphatic rings. The van der Waals surface area contributed by atoms with Gasteiger partial charge in [-0.3, -0.25) is 0 Å². The summed E-state index contributed by atoms with van der Waals surface area (Å²) in [5.74, 6) is 0. The third-order valence-electron chi connectivity index (χ3n) is 4.77. The van der Waals surface area contributed by atoms with Crippen LogP contribution in [0.25, 0.3) is 0 Å². The van der Waals surface area contributed by atoms with E-state index < -0.39 is 10.0 Å².